The van der Waals surface area contributed by atoms with E-state index in [4.69, 9.17) is 5.73 Å². The number of hydrogen-bond acceptors (Lipinski definition) is 1. The molecule has 1 aliphatic heterocycles. The minimum absolute atomic E-state index is 0. The highest BCUT2D eigenvalue weighted by molar-refractivity contribution is 14.0. The fraction of sp³-hybridized carbons (Fsp3) is 0.533. The Hall–Kier alpha value is -0.850. The van der Waals surface area contributed by atoms with Crippen LogP contribution in [0.15, 0.2) is 29.3 Å². The summed E-state index contributed by atoms with van der Waals surface area (Å²) in [6.07, 6.45) is 3.03. The van der Waals surface area contributed by atoms with Crippen LogP contribution in [0.2, 0.25) is 0 Å². The molecular weight excluding hydrogens is 368 g/mol. The number of nitrogens with two attached hydrogens (primary N) is 1. The first-order valence-electron chi connectivity index (χ1n) is 6.95. The molecule has 1 aromatic rings. The summed E-state index contributed by atoms with van der Waals surface area (Å²) in [5, 5.41) is 0. The number of aliphatic imine (C=N–C) groups is 1. The summed E-state index contributed by atoms with van der Waals surface area (Å²) in [5.74, 6) is 1.11. The molecule has 0 bridgehead atoms. The van der Waals surface area contributed by atoms with E-state index < -0.39 is 0 Å². The summed E-state index contributed by atoms with van der Waals surface area (Å²) in [6.45, 7) is 4.74. The van der Waals surface area contributed by atoms with Crippen molar-refractivity contribution < 1.29 is 4.39 Å². The van der Waals surface area contributed by atoms with Gasteiger partial charge in [-0.1, -0.05) is 25.1 Å². The highest BCUT2D eigenvalue weighted by Gasteiger charge is 2.17. The van der Waals surface area contributed by atoms with Gasteiger partial charge in [-0.3, -0.25) is 4.99 Å². The maximum Gasteiger partial charge on any atom is 0.191 e. The van der Waals surface area contributed by atoms with Crippen molar-refractivity contribution in [2.24, 2.45) is 16.6 Å². The van der Waals surface area contributed by atoms with E-state index in [-0.39, 0.29) is 29.8 Å². The Bertz CT molecular complexity index is 450. The van der Waals surface area contributed by atoms with E-state index in [2.05, 4.69) is 16.8 Å². The number of benzene rings is 1. The van der Waals surface area contributed by atoms with Crippen molar-refractivity contribution in [1.82, 2.24) is 4.90 Å². The van der Waals surface area contributed by atoms with E-state index in [1.54, 1.807) is 12.1 Å². The highest BCUT2D eigenvalue weighted by atomic mass is 127. The first-order chi connectivity index (χ1) is 9.16. The lowest BCUT2D eigenvalue weighted by Gasteiger charge is -2.31. The zero-order valence-corrected chi connectivity index (χ0v) is 14.2. The quantitative estimate of drug-likeness (QED) is 0.489. The number of hydrogen-bond donors (Lipinski definition) is 1. The smallest absolute Gasteiger partial charge is 0.191 e. The Morgan fingerprint density at radius 2 is 2.20 bits per heavy atom. The number of likely N-dealkylation sites (tertiary alicyclic amines) is 1. The Labute approximate surface area is 137 Å². The van der Waals surface area contributed by atoms with Gasteiger partial charge in [0.25, 0.3) is 0 Å². The average Bonchev–Trinajstić information content (AvgIpc) is 2.41. The summed E-state index contributed by atoms with van der Waals surface area (Å²) in [5.41, 5.74) is 6.70. The molecule has 2 N–H and O–H groups in total. The van der Waals surface area contributed by atoms with Crippen molar-refractivity contribution in [3.05, 3.63) is 35.6 Å². The number of guanidine groups is 1. The lowest BCUT2D eigenvalue weighted by molar-refractivity contribution is 0.270. The lowest BCUT2D eigenvalue weighted by Crippen LogP contribution is -2.43. The van der Waals surface area contributed by atoms with Crippen LogP contribution in [0.3, 0.4) is 0 Å². The van der Waals surface area contributed by atoms with Crippen molar-refractivity contribution in [3.63, 3.8) is 0 Å². The van der Waals surface area contributed by atoms with Crippen molar-refractivity contribution >= 4 is 29.9 Å². The van der Waals surface area contributed by atoms with E-state index in [1.165, 1.54) is 18.9 Å². The molecule has 1 heterocycles. The van der Waals surface area contributed by atoms with E-state index in [0.717, 1.165) is 13.1 Å². The summed E-state index contributed by atoms with van der Waals surface area (Å²) < 4.78 is 13.4. The molecule has 1 fully saturated rings. The van der Waals surface area contributed by atoms with Crippen molar-refractivity contribution in [1.29, 1.82) is 0 Å². The van der Waals surface area contributed by atoms with Crippen LogP contribution in [0.25, 0.3) is 0 Å². The van der Waals surface area contributed by atoms with Crippen LogP contribution in [-0.4, -0.2) is 30.5 Å². The molecule has 0 radical (unpaired) electrons. The van der Waals surface area contributed by atoms with Gasteiger partial charge < -0.3 is 10.6 Å². The van der Waals surface area contributed by atoms with Gasteiger partial charge in [0.05, 0.1) is 0 Å². The van der Waals surface area contributed by atoms with Gasteiger partial charge in [-0.25, -0.2) is 4.39 Å². The molecule has 0 spiro atoms. The van der Waals surface area contributed by atoms with Gasteiger partial charge in [0.2, 0.25) is 0 Å². The predicted octanol–water partition coefficient (Wildman–Crippen LogP) is 3.03. The predicted molar refractivity (Wildman–Crippen MR) is 92.0 cm³/mol. The fourth-order valence-corrected chi connectivity index (χ4v) is 2.49. The molecule has 2 rings (SSSR count). The summed E-state index contributed by atoms with van der Waals surface area (Å²) in [6, 6.07) is 6.82. The standard InChI is InChI=1S/C15H22FN3.HI/c1-12-5-4-10-19(11-12)15(17)18-9-8-13-6-2-3-7-14(13)16;/h2-3,6-7,12H,4-5,8-11H2,1H3,(H2,17,18);1H. The molecule has 1 aliphatic rings. The zero-order chi connectivity index (χ0) is 13.7. The van der Waals surface area contributed by atoms with E-state index in [0.29, 0.717) is 30.4 Å². The normalized spacial score (nSPS) is 19.6. The second-order valence-corrected chi connectivity index (χ2v) is 5.27. The monoisotopic (exact) mass is 391 g/mol. The number of nitrogens with zero attached hydrogens (tertiary/aromatic N) is 2. The van der Waals surface area contributed by atoms with Crippen LogP contribution in [0, 0.1) is 11.7 Å². The minimum Gasteiger partial charge on any atom is -0.370 e. The molecule has 0 aromatic heterocycles. The van der Waals surface area contributed by atoms with Gasteiger partial charge in [-0.2, -0.15) is 0 Å². The van der Waals surface area contributed by atoms with Gasteiger partial charge in [-0.05, 0) is 36.8 Å². The van der Waals surface area contributed by atoms with Crippen LogP contribution in [0.5, 0.6) is 0 Å². The lowest BCUT2D eigenvalue weighted by atomic mass is 10.0. The van der Waals surface area contributed by atoms with Gasteiger partial charge in [0.1, 0.15) is 5.82 Å². The molecule has 20 heavy (non-hydrogen) atoms. The van der Waals surface area contributed by atoms with Gasteiger partial charge >= 0.3 is 0 Å². The molecule has 5 heteroatoms. The summed E-state index contributed by atoms with van der Waals surface area (Å²) in [7, 11) is 0. The SMILES string of the molecule is CC1CCCN(C(N)=NCCc2ccccc2F)C1.I. The molecule has 1 atom stereocenters. The van der Waals surface area contributed by atoms with Crippen LogP contribution < -0.4 is 5.73 Å². The summed E-state index contributed by atoms with van der Waals surface area (Å²) in [4.78, 5) is 6.51. The first-order valence-corrected chi connectivity index (χ1v) is 6.95. The van der Waals surface area contributed by atoms with Crippen LogP contribution >= 0.6 is 24.0 Å². The largest absolute Gasteiger partial charge is 0.370 e. The second kappa shape index (κ2) is 8.44. The molecule has 1 aromatic carbocycles. The maximum absolute atomic E-state index is 13.4. The number of rotatable bonds is 3. The third kappa shape index (κ3) is 4.92. The number of halogens is 2. The molecule has 0 saturated carbocycles. The maximum atomic E-state index is 13.4. The first kappa shape index (κ1) is 17.2. The fourth-order valence-electron chi connectivity index (χ4n) is 2.49. The van der Waals surface area contributed by atoms with Crippen LogP contribution in [0.4, 0.5) is 4.39 Å². The van der Waals surface area contributed by atoms with Gasteiger partial charge in [-0.15, -0.1) is 24.0 Å². The van der Waals surface area contributed by atoms with Gasteiger partial charge in [0.15, 0.2) is 5.96 Å². The molecule has 0 amide bonds. The van der Waals surface area contributed by atoms with Crippen LogP contribution in [0.1, 0.15) is 25.3 Å². The second-order valence-electron chi connectivity index (χ2n) is 5.27. The van der Waals surface area contributed by atoms with E-state index in [1.807, 2.05) is 6.07 Å². The topological polar surface area (TPSA) is 41.6 Å². The third-order valence-corrected chi connectivity index (χ3v) is 3.59. The van der Waals surface area contributed by atoms with Crippen molar-refractivity contribution in [2.45, 2.75) is 26.2 Å². The molecular formula is C15H23FIN3. The molecule has 1 saturated heterocycles. The molecule has 1 unspecified atom stereocenters. The van der Waals surface area contributed by atoms with E-state index >= 15 is 0 Å². The molecule has 3 nitrogen and oxygen atoms in total. The highest BCUT2D eigenvalue weighted by Crippen LogP contribution is 2.15. The Morgan fingerprint density at radius 1 is 1.45 bits per heavy atom. The van der Waals surface area contributed by atoms with Crippen LogP contribution in [-0.2, 0) is 6.42 Å². The molecule has 0 aliphatic carbocycles. The van der Waals surface area contributed by atoms with Crippen molar-refractivity contribution in [2.75, 3.05) is 19.6 Å². The van der Waals surface area contributed by atoms with Gasteiger partial charge in [0, 0.05) is 19.6 Å². The summed E-state index contributed by atoms with van der Waals surface area (Å²) >= 11 is 0. The Balaban J connectivity index is 0.00000200. The third-order valence-electron chi connectivity index (χ3n) is 3.59. The minimum atomic E-state index is -0.164. The Kier molecular flexibility index (Phi) is 7.26. The van der Waals surface area contributed by atoms with Crippen molar-refractivity contribution in [3.8, 4) is 0 Å². The molecule has 112 valence electrons. The Morgan fingerprint density at radius 3 is 2.90 bits per heavy atom. The average molecular weight is 391 g/mol. The van der Waals surface area contributed by atoms with E-state index in [9.17, 15) is 4.39 Å². The zero-order valence-electron chi connectivity index (χ0n) is 11.9. The number of piperidine rings is 1.